The van der Waals surface area contributed by atoms with E-state index >= 15 is 0 Å². The first-order chi connectivity index (χ1) is 9.29. The number of rotatable bonds is 3. The molecule has 0 bridgehead atoms. The maximum absolute atomic E-state index is 11.9. The summed E-state index contributed by atoms with van der Waals surface area (Å²) in [6.07, 6.45) is 0. The summed E-state index contributed by atoms with van der Waals surface area (Å²) < 4.78 is 5.03. The number of nitrogens with one attached hydrogen (secondary N) is 1. The standard InChI is InChI=1S/C13H11N3O2S/c1-2-18-13(17)8-4-3-5-9-11(8)16-12(15-9)10-6-19-7-14-10/h3-7H,2H2,1H3,(H,15,16). The number of fused-ring (bicyclic) bond motifs is 1. The van der Waals surface area contributed by atoms with Crippen molar-refractivity contribution in [3.05, 3.63) is 34.7 Å². The van der Waals surface area contributed by atoms with Crippen LogP contribution in [0.1, 0.15) is 17.3 Å². The molecule has 1 aromatic carbocycles. The zero-order valence-corrected chi connectivity index (χ0v) is 11.0. The van der Waals surface area contributed by atoms with Crippen molar-refractivity contribution in [1.29, 1.82) is 0 Å². The summed E-state index contributed by atoms with van der Waals surface area (Å²) in [5, 5.41) is 1.90. The van der Waals surface area contributed by atoms with Crippen LogP contribution in [0.2, 0.25) is 0 Å². The van der Waals surface area contributed by atoms with Gasteiger partial charge in [0.1, 0.15) is 11.2 Å². The molecule has 2 heterocycles. The van der Waals surface area contributed by atoms with E-state index in [0.29, 0.717) is 23.5 Å². The number of thiazole rings is 1. The van der Waals surface area contributed by atoms with Gasteiger partial charge in [0.2, 0.25) is 0 Å². The number of ether oxygens (including phenoxy) is 1. The van der Waals surface area contributed by atoms with E-state index in [0.717, 1.165) is 11.2 Å². The third-order valence-electron chi connectivity index (χ3n) is 2.68. The van der Waals surface area contributed by atoms with E-state index in [9.17, 15) is 4.79 Å². The number of aromatic amines is 1. The molecule has 1 N–H and O–H groups in total. The first-order valence-electron chi connectivity index (χ1n) is 5.84. The fourth-order valence-corrected chi connectivity index (χ4v) is 2.39. The Hall–Kier alpha value is -2.21. The van der Waals surface area contributed by atoms with E-state index in [-0.39, 0.29) is 5.97 Å². The quantitative estimate of drug-likeness (QED) is 0.745. The second-order valence-corrected chi connectivity index (χ2v) is 4.60. The molecule has 0 spiro atoms. The molecule has 0 aliphatic carbocycles. The van der Waals surface area contributed by atoms with Crippen LogP contribution in [0.3, 0.4) is 0 Å². The minimum atomic E-state index is -0.357. The van der Waals surface area contributed by atoms with Gasteiger partial charge in [-0.25, -0.2) is 14.8 Å². The highest BCUT2D eigenvalue weighted by Crippen LogP contribution is 2.23. The van der Waals surface area contributed by atoms with Crippen LogP contribution in [0.5, 0.6) is 0 Å². The van der Waals surface area contributed by atoms with Crippen molar-refractivity contribution in [3.63, 3.8) is 0 Å². The average Bonchev–Trinajstić information content (AvgIpc) is 3.06. The molecule has 0 aliphatic heterocycles. The number of hydrogen-bond donors (Lipinski definition) is 1. The number of esters is 1. The average molecular weight is 273 g/mol. The van der Waals surface area contributed by atoms with Crippen LogP contribution in [0, 0.1) is 0 Å². The van der Waals surface area contributed by atoms with Crippen LogP contribution in [0.4, 0.5) is 0 Å². The monoisotopic (exact) mass is 273 g/mol. The number of imidazole rings is 1. The normalized spacial score (nSPS) is 10.8. The molecule has 6 heteroatoms. The van der Waals surface area contributed by atoms with Crippen molar-refractivity contribution in [2.24, 2.45) is 0 Å². The number of H-pyrrole nitrogens is 1. The second kappa shape index (κ2) is 4.81. The Morgan fingerprint density at radius 2 is 2.37 bits per heavy atom. The van der Waals surface area contributed by atoms with Gasteiger partial charge in [0.25, 0.3) is 0 Å². The molecule has 0 saturated carbocycles. The van der Waals surface area contributed by atoms with E-state index in [1.165, 1.54) is 11.3 Å². The van der Waals surface area contributed by atoms with Gasteiger partial charge in [-0.05, 0) is 19.1 Å². The van der Waals surface area contributed by atoms with Gasteiger partial charge in [-0.15, -0.1) is 11.3 Å². The second-order valence-electron chi connectivity index (χ2n) is 3.88. The topological polar surface area (TPSA) is 67.9 Å². The van der Waals surface area contributed by atoms with Crippen LogP contribution in [-0.4, -0.2) is 27.5 Å². The van der Waals surface area contributed by atoms with Crippen LogP contribution < -0.4 is 0 Å². The van der Waals surface area contributed by atoms with Crippen LogP contribution in [0.25, 0.3) is 22.6 Å². The molecule has 96 valence electrons. The number of para-hydroxylation sites is 1. The number of hydrogen-bond acceptors (Lipinski definition) is 5. The highest BCUT2D eigenvalue weighted by Gasteiger charge is 2.15. The third kappa shape index (κ3) is 2.10. The zero-order valence-electron chi connectivity index (χ0n) is 10.2. The zero-order chi connectivity index (χ0) is 13.2. The maximum Gasteiger partial charge on any atom is 0.340 e. The van der Waals surface area contributed by atoms with E-state index in [1.807, 2.05) is 11.4 Å². The van der Waals surface area contributed by atoms with Gasteiger partial charge in [-0.2, -0.15) is 0 Å². The number of aromatic nitrogens is 3. The summed E-state index contributed by atoms with van der Waals surface area (Å²) >= 11 is 1.50. The predicted octanol–water partition coefficient (Wildman–Crippen LogP) is 2.86. The number of carbonyl (C=O) groups excluding carboxylic acids is 1. The number of nitrogens with zero attached hydrogens (tertiary/aromatic N) is 2. The lowest BCUT2D eigenvalue weighted by molar-refractivity contribution is 0.0528. The molecule has 19 heavy (non-hydrogen) atoms. The summed E-state index contributed by atoms with van der Waals surface area (Å²) in [5.41, 5.74) is 4.40. The Bertz CT molecular complexity index is 719. The minimum Gasteiger partial charge on any atom is -0.462 e. The fraction of sp³-hybridized carbons (Fsp3) is 0.154. The molecule has 5 nitrogen and oxygen atoms in total. The lowest BCUT2D eigenvalue weighted by atomic mass is 10.2. The van der Waals surface area contributed by atoms with Crippen molar-refractivity contribution in [2.45, 2.75) is 6.92 Å². The van der Waals surface area contributed by atoms with Gasteiger partial charge >= 0.3 is 5.97 Å². The Balaban J connectivity index is 2.12. The van der Waals surface area contributed by atoms with Crippen molar-refractivity contribution in [1.82, 2.24) is 15.0 Å². The Morgan fingerprint density at radius 1 is 1.47 bits per heavy atom. The Morgan fingerprint density at radius 3 is 3.11 bits per heavy atom. The molecule has 0 radical (unpaired) electrons. The SMILES string of the molecule is CCOC(=O)c1cccc2[nH]c(-c3cscn3)nc12. The summed E-state index contributed by atoms with van der Waals surface area (Å²) in [6.45, 7) is 2.13. The first kappa shape index (κ1) is 11.9. The summed E-state index contributed by atoms with van der Waals surface area (Å²) in [6, 6.07) is 5.39. The molecule has 0 unspecified atom stereocenters. The molecule has 0 amide bonds. The molecular weight excluding hydrogens is 262 g/mol. The van der Waals surface area contributed by atoms with Crippen molar-refractivity contribution < 1.29 is 9.53 Å². The smallest absolute Gasteiger partial charge is 0.340 e. The van der Waals surface area contributed by atoms with Crippen LogP contribution in [0.15, 0.2) is 29.1 Å². The molecule has 3 aromatic rings. The molecule has 3 rings (SSSR count). The lowest BCUT2D eigenvalue weighted by Crippen LogP contribution is -2.05. The van der Waals surface area contributed by atoms with Crippen LogP contribution >= 0.6 is 11.3 Å². The lowest BCUT2D eigenvalue weighted by Gasteiger charge is -2.01. The molecule has 0 saturated heterocycles. The van der Waals surface area contributed by atoms with Gasteiger partial charge in [0.15, 0.2) is 5.82 Å². The molecule has 0 fully saturated rings. The fourth-order valence-electron chi connectivity index (χ4n) is 1.86. The van der Waals surface area contributed by atoms with Gasteiger partial charge in [-0.3, -0.25) is 0 Å². The predicted molar refractivity (Wildman–Crippen MR) is 73.2 cm³/mol. The summed E-state index contributed by atoms with van der Waals surface area (Å²) in [4.78, 5) is 23.7. The number of benzene rings is 1. The van der Waals surface area contributed by atoms with E-state index in [1.54, 1.807) is 24.6 Å². The molecular formula is C13H11N3O2S. The minimum absolute atomic E-state index is 0.346. The van der Waals surface area contributed by atoms with E-state index < -0.39 is 0 Å². The third-order valence-corrected chi connectivity index (χ3v) is 3.27. The van der Waals surface area contributed by atoms with Gasteiger partial charge in [-0.1, -0.05) is 6.07 Å². The number of carbonyl (C=O) groups is 1. The van der Waals surface area contributed by atoms with Gasteiger partial charge in [0.05, 0.1) is 23.2 Å². The van der Waals surface area contributed by atoms with Crippen LogP contribution in [-0.2, 0) is 4.74 Å². The largest absolute Gasteiger partial charge is 0.462 e. The van der Waals surface area contributed by atoms with E-state index in [4.69, 9.17) is 4.74 Å². The van der Waals surface area contributed by atoms with Crippen molar-refractivity contribution >= 4 is 28.3 Å². The van der Waals surface area contributed by atoms with E-state index in [2.05, 4.69) is 15.0 Å². The first-order valence-corrected chi connectivity index (χ1v) is 6.78. The van der Waals surface area contributed by atoms with Crippen molar-refractivity contribution in [3.8, 4) is 11.5 Å². The summed E-state index contributed by atoms with van der Waals surface area (Å²) in [5.74, 6) is 0.303. The molecule has 0 atom stereocenters. The van der Waals surface area contributed by atoms with Crippen molar-refractivity contribution in [2.75, 3.05) is 6.61 Å². The Labute approximate surface area is 113 Å². The highest BCUT2D eigenvalue weighted by molar-refractivity contribution is 7.07. The summed E-state index contributed by atoms with van der Waals surface area (Å²) in [7, 11) is 0. The highest BCUT2D eigenvalue weighted by atomic mass is 32.1. The van der Waals surface area contributed by atoms with Gasteiger partial charge < -0.3 is 9.72 Å². The Kier molecular flexibility index (Phi) is 3.00. The maximum atomic E-state index is 11.9. The molecule has 0 aliphatic rings. The molecule has 2 aromatic heterocycles. The van der Waals surface area contributed by atoms with Gasteiger partial charge in [0, 0.05) is 5.38 Å².